The molecule has 1 aliphatic rings. The fourth-order valence-electron chi connectivity index (χ4n) is 1.75. The van der Waals surface area contributed by atoms with Gasteiger partial charge in [0.1, 0.15) is 0 Å². The van der Waals surface area contributed by atoms with E-state index in [9.17, 15) is 0 Å². The number of hydrogen-bond acceptors (Lipinski definition) is 4. The molecule has 0 atom stereocenters. The molecule has 4 nitrogen and oxygen atoms in total. The molecule has 0 aromatic heterocycles. The smallest absolute Gasteiger partial charge is 0.170 e. The Balaban J connectivity index is 1.97. The zero-order valence-corrected chi connectivity index (χ0v) is 10.3. The summed E-state index contributed by atoms with van der Waals surface area (Å²) in [5.41, 5.74) is 6.24. The molecule has 5 heteroatoms. The lowest BCUT2D eigenvalue weighted by atomic mass is 10.2. The maximum Gasteiger partial charge on any atom is 0.170 e. The number of oxime groups is 1. The molecule has 1 heterocycles. The Bertz CT molecular complexity index is 386. The van der Waals surface area contributed by atoms with E-state index in [1.165, 1.54) is 4.90 Å². The first-order valence-corrected chi connectivity index (χ1v) is 6.50. The predicted octanol–water partition coefficient (Wildman–Crippen LogP) is 2.05. The summed E-state index contributed by atoms with van der Waals surface area (Å²) in [6.45, 7) is 1.72. The second-order valence-corrected chi connectivity index (χ2v) is 5.31. The SMILES string of the molecule is NC(=NO)c1ccc(SC2CCOCC2)cc1. The molecule has 1 fully saturated rings. The summed E-state index contributed by atoms with van der Waals surface area (Å²) >= 11 is 1.87. The van der Waals surface area contributed by atoms with E-state index in [0.29, 0.717) is 5.25 Å². The third-order valence-corrected chi connectivity index (χ3v) is 4.08. The number of thioether (sulfide) groups is 1. The van der Waals surface area contributed by atoms with Crippen molar-refractivity contribution in [3.63, 3.8) is 0 Å². The molecule has 0 bridgehead atoms. The van der Waals surface area contributed by atoms with Gasteiger partial charge in [0.2, 0.25) is 0 Å². The molecule has 0 unspecified atom stereocenters. The monoisotopic (exact) mass is 252 g/mol. The van der Waals surface area contributed by atoms with Gasteiger partial charge in [0, 0.05) is 28.9 Å². The second kappa shape index (κ2) is 5.93. The molecular formula is C12H16N2O2S. The third kappa shape index (κ3) is 3.38. The standard InChI is InChI=1S/C12H16N2O2S/c13-12(14-15)9-1-3-10(4-2-9)17-11-5-7-16-8-6-11/h1-4,11,15H,5-8H2,(H2,13,14). The van der Waals surface area contributed by atoms with E-state index < -0.39 is 0 Å². The van der Waals surface area contributed by atoms with Crippen molar-refractivity contribution in [1.29, 1.82) is 0 Å². The van der Waals surface area contributed by atoms with Crippen molar-refractivity contribution in [3.8, 4) is 0 Å². The number of amidine groups is 1. The van der Waals surface area contributed by atoms with Gasteiger partial charge >= 0.3 is 0 Å². The Labute approximate surface area is 105 Å². The average Bonchev–Trinajstić information content (AvgIpc) is 2.40. The molecule has 92 valence electrons. The summed E-state index contributed by atoms with van der Waals surface area (Å²) in [6, 6.07) is 7.76. The lowest BCUT2D eigenvalue weighted by Gasteiger charge is -2.21. The van der Waals surface area contributed by atoms with Crippen molar-refractivity contribution >= 4 is 17.6 Å². The number of nitrogens with two attached hydrogens (primary N) is 1. The zero-order valence-electron chi connectivity index (χ0n) is 9.50. The molecule has 0 amide bonds. The van der Waals surface area contributed by atoms with Crippen LogP contribution in [0.4, 0.5) is 0 Å². The van der Waals surface area contributed by atoms with Gasteiger partial charge in [-0.1, -0.05) is 17.3 Å². The minimum Gasteiger partial charge on any atom is -0.409 e. The first-order valence-electron chi connectivity index (χ1n) is 5.62. The Hall–Kier alpha value is -1.20. The summed E-state index contributed by atoms with van der Waals surface area (Å²) in [5.74, 6) is 0.146. The highest BCUT2D eigenvalue weighted by Crippen LogP contribution is 2.29. The minimum absolute atomic E-state index is 0.146. The molecule has 17 heavy (non-hydrogen) atoms. The predicted molar refractivity (Wildman–Crippen MR) is 68.7 cm³/mol. The van der Waals surface area contributed by atoms with Crippen LogP contribution in [-0.2, 0) is 4.74 Å². The third-order valence-electron chi connectivity index (χ3n) is 2.73. The van der Waals surface area contributed by atoms with E-state index in [2.05, 4.69) is 5.16 Å². The van der Waals surface area contributed by atoms with Crippen molar-refractivity contribution < 1.29 is 9.94 Å². The molecule has 2 rings (SSSR count). The number of nitrogens with zero attached hydrogens (tertiary/aromatic N) is 1. The van der Waals surface area contributed by atoms with Gasteiger partial charge < -0.3 is 15.7 Å². The Kier molecular flexibility index (Phi) is 4.28. The van der Waals surface area contributed by atoms with Crippen LogP contribution in [0.25, 0.3) is 0 Å². The number of ether oxygens (including phenoxy) is 1. The van der Waals surface area contributed by atoms with Crippen molar-refractivity contribution in [1.82, 2.24) is 0 Å². The molecule has 1 saturated heterocycles. The molecule has 1 aromatic carbocycles. The van der Waals surface area contributed by atoms with Gasteiger partial charge in [-0.05, 0) is 25.0 Å². The Morgan fingerprint density at radius 1 is 1.29 bits per heavy atom. The lowest BCUT2D eigenvalue weighted by Crippen LogP contribution is -2.17. The van der Waals surface area contributed by atoms with Crippen molar-refractivity contribution in [2.75, 3.05) is 13.2 Å². The fraction of sp³-hybridized carbons (Fsp3) is 0.417. The normalized spacial score (nSPS) is 18.2. The molecule has 0 radical (unpaired) electrons. The van der Waals surface area contributed by atoms with Crippen LogP contribution in [0.5, 0.6) is 0 Å². The van der Waals surface area contributed by atoms with E-state index in [1.54, 1.807) is 0 Å². The number of benzene rings is 1. The summed E-state index contributed by atoms with van der Waals surface area (Å²) in [6.07, 6.45) is 2.21. The van der Waals surface area contributed by atoms with Crippen molar-refractivity contribution in [3.05, 3.63) is 29.8 Å². The maximum atomic E-state index is 8.56. The first kappa shape index (κ1) is 12.3. The van der Waals surface area contributed by atoms with E-state index in [4.69, 9.17) is 15.7 Å². The van der Waals surface area contributed by atoms with Crippen LogP contribution in [0.2, 0.25) is 0 Å². The summed E-state index contributed by atoms with van der Waals surface area (Å²) < 4.78 is 5.33. The Morgan fingerprint density at radius 2 is 1.94 bits per heavy atom. The van der Waals surface area contributed by atoms with Gasteiger partial charge in [0.05, 0.1) is 0 Å². The van der Waals surface area contributed by atoms with E-state index in [-0.39, 0.29) is 5.84 Å². The lowest BCUT2D eigenvalue weighted by molar-refractivity contribution is 0.100. The van der Waals surface area contributed by atoms with Crippen LogP contribution in [0, 0.1) is 0 Å². The van der Waals surface area contributed by atoms with Crippen molar-refractivity contribution in [2.24, 2.45) is 10.9 Å². The van der Waals surface area contributed by atoms with Gasteiger partial charge in [-0.2, -0.15) is 0 Å². The molecule has 3 N–H and O–H groups in total. The van der Waals surface area contributed by atoms with Crippen LogP contribution in [0.15, 0.2) is 34.3 Å². The minimum atomic E-state index is 0.146. The van der Waals surface area contributed by atoms with Crippen LogP contribution < -0.4 is 5.73 Å². The van der Waals surface area contributed by atoms with Gasteiger partial charge in [-0.25, -0.2) is 0 Å². The largest absolute Gasteiger partial charge is 0.409 e. The maximum absolute atomic E-state index is 8.56. The topological polar surface area (TPSA) is 67.8 Å². The number of rotatable bonds is 3. The van der Waals surface area contributed by atoms with Gasteiger partial charge in [0.25, 0.3) is 0 Å². The summed E-state index contributed by atoms with van der Waals surface area (Å²) in [4.78, 5) is 1.21. The van der Waals surface area contributed by atoms with Gasteiger partial charge in [-0.15, -0.1) is 11.8 Å². The van der Waals surface area contributed by atoms with E-state index >= 15 is 0 Å². The average molecular weight is 252 g/mol. The van der Waals surface area contributed by atoms with Crippen molar-refractivity contribution in [2.45, 2.75) is 23.0 Å². The molecule has 1 aliphatic heterocycles. The van der Waals surface area contributed by atoms with Gasteiger partial charge in [0.15, 0.2) is 5.84 Å². The first-order chi connectivity index (χ1) is 8.29. The molecular weight excluding hydrogens is 236 g/mol. The summed E-state index contributed by atoms with van der Waals surface area (Å²) in [5, 5.41) is 12.2. The van der Waals surface area contributed by atoms with E-state index in [0.717, 1.165) is 31.6 Å². The van der Waals surface area contributed by atoms with Crippen LogP contribution in [0.1, 0.15) is 18.4 Å². The molecule has 0 spiro atoms. The highest BCUT2D eigenvalue weighted by atomic mass is 32.2. The zero-order chi connectivity index (χ0) is 12.1. The van der Waals surface area contributed by atoms with Crippen LogP contribution >= 0.6 is 11.8 Å². The molecule has 0 aliphatic carbocycles. The van der Waals surface area contributed by atoms with E-state index in [1.807, 2.05) is 36.0 Å². The fourth-order valence-corrected chi connectivity index (χ4v) is 2.85. The molecule has 1 aromatic rings. The van der Waals surface area contributed by atoms with Gasteiger partial charge in [-0.3, -0.25) is 0 Å². The molecule has 0 saturated carbocycles. The highest BCUT2D eigenvalue weighted by Gasteiger charge is 2.14. The highest BCUT2D eigenvalue weighted by molar-refractivity contribution is 8.00. The van der Waals surface area contributed by atoms with Crippen LogP contribution in [-0.4, -0.2) is 29.5 Å². The second-order valence-electron chi connectivity index (χ2n) is 3.94. The quantitative estimate of drug-likeness (QED) is 0.374. The summed E-state index contributed by atoms with van der Waals surface area (Å²) in [7, 11) is 0. The number of hydrogen-bond donors (Lipinski definition) is 2. The van der Waals surface area contributed by atoms with Crippen LogP contribution in [0.3, 0.4) is 0 Å². The Morgan fingerprint density at radius 3 is 2.53 bits per heavy atom.